The number of fused-ring (bicyclic) bond motifs is 13. The molecule has 0 spiro atoms. The quantitative estimate of drug-likeness (QED) is 0.172. The number of aromatic nitrogens is 4. The molecule has 0 saturated heterocycles. The van der Waals surface area contributed by atoms with Crippen molar-refractivity contribution in [3.8, 4) is 51.0 Å². The summed E-state index contributed by atoms with van der Waals surface area (Å²) < 4.78 is 16.2. The van der Waals surface area contributed by atoms with E-state index in [1.54, 1.807) is 0 Å². The Morgan fingerprint density at radius 3 is 1.57 bits per heavy atom. The maximum atomic E-state index is 7.21. The summed E-state index contributed by atoms with van der Waals surface area (Å²) in [7, 11) is 0. The van der Waals surface area contributed by atoms with Crippen molar-refractivity contribution < 1.29 is 8.83 Å². The summed E-state index contributed by atoms with van der Waals surface area (Å²) in [5, 5.41) is 13.2. The van der Waals surface area contributed by atoms with Crippen LogP contribution in [0.2, 0.25) is 0 Å². The van der Waals surface area contributed by atoms with E-state index in [9.17, 15) is 0 Å². The van der Waals surface area contributed by atoms with Crippen LogP contribution in [0, 0.1) is 0 Å². The van der Waals surface area contributed by atoms with E-state index >= 15 is 0 Å². The zero-order valence-electron chi connectivity index (χ0n) is 36.9. The summed E-state index contributed by atoms with van der Waals surface area (Å²) in [6.07, 6.45) is 0. The van der Waals surface area contributed by atoms with Crippen molar-refractivity contribution in [2.45, 2.75) is 0 Å². The minimum atomic E-state index is 0.520. The highest BCUT2D eigenvalue weighted by atomic mass is 16.3. The first kappa shape index (κ1) is 37.8. The second kappa shape index (κ2) is 14.6. The maximum Gasteiger partial charge on any atom is 0.167 e. The highest BCUT2D eigenvalue weighted by Crippen LogP contribution is 2.44. The molecule has 4 heterocycles. The molecule has 0 atom stereocenters. The molecule has 0 fully saturated rings. The number of para-hydroxylation sites is 2. The van der Waals surface area contributed by atoms with Crippen molar-refractivity contribution in [2.75, 3.05) is 0 Å². The molecule has 0 aliphatic carbocycles. The van der Waals surface area contributed by atoms with Gasteiger partial charge in [0.05, 0.1) is 22.3 Å². The molecule has 6 heteroatoms. The summed E-state index contributed by atoms with van der Waals surface area (Å²) in [4.78, 5) is 16.1. The van der Waals surface area contributed by atoms with Crippen LogP contribution < -0.4 is 0 Å². The van der Waals surface area contributed by atoms with Crippen LogP contribution in [0.1, 0.15) is 0 Å². The summed E-state index contributed by atoms with van der Waals surface area (Å²) in [6.45, 7) is 0. The minimum Gasteiger partial charge on any atom is -0.455 e. The van der Waals surface area contributed by atoms with Gasteiger partial charge in [0.2, 0.25) is 0 Å². The van der Waals surface area contributed by atoms with Crippen LogP contribution in [0.15, 0.2) is 227 Å². The van der Waals surface area contributed by atoms with Gasteiger partial charge in [0.15, 0.2) is 23.1 Å². The first-order valence-electron chi connectivity index (χ1n) is 23.2. The Kier molecular flexibility index (Phi) is 7.97. The van der Waals surface area contributed by atoms with Crippen molar-refractivity contribution in [3.05, 3.63) is 218 Å². The van der Waals surface area contributed by atoms with Crippen LogP contribution in [0.5, 0.6) is 0 Å². The van der Waals surface area contributed by atoms with Gasteiger partial charge in [-0.3, -0.25) is 0 Å². The third-order valence-electron chi connectivity index (χ3n) is 14.0. The van der Waals surface area contributed by atoms with E-state index in [1.807, 2.05) is 30.3 Å². The van der Waals surface area contributed by atoms with Gasteiger partial charge in [-0.2, -0.15) is 0 Å². The lowest BCUT2D eigenvalue weighted by Gasteiger charge is -2.13. The fourth-order valence-electron chi connectivity index (χ4n) is 10.7. The van der Waals surface area contributed by atoms with Crippen molar-refractivity contribution in [1.29, 1.82) is 0 Å². The molecule has 6 nitrogen and oxygen atoms in total. The molecule has 4 aromatic heterocycles. The SMILES string of the molecule is c1ccc(-c2ccc(-c3nc(-c4cc(-n5c6cc7ccccc7cc6c6cc7ccccc7cc65)c5oc6c7ccccc7ccc6c5c4)nc(-c4cccc5c4oc4ccccc45)n3)cc2)cc1. The second-order valence-electron chi connectivity index (χ2n) is 17.9. The van der Waals surface area contributed by atoms with E-state index in [2.05, 4.69) is 193 Å². The molecule has 15 aromatic rings. The van der Waals surface area contributed by atoms with Gasteiger partial charge in [-0.25, -0.2) is 15.0 Å². The standard InChI is InChI=1S/C63H36N4O2/c1-2-13-37(14-3-1)38-25-27-40(28-26-38)61-64-62(66-63(65-61)50-23-12-22-48-47-21-10-11-24-57(47)68-59(48)50)45-33-53-49-30-29-39-15-8-9-20-46(39)58(49)69-60(53)56(36-45)67-54-34-43-18-6-4-16-41(43)31-51(54)52-32-42-17-5-7-19-44(42)35-55(52)67/h1-36H. The van der Waals surface area contributed by atoms with Gasteiger partial charge in [0.1, 0.15) is 16.7 Å². The van der Waals surface area contributed by atoms with Crippen molar-refractivity contribution in [2.24, 2.45) is 0 Å². The molecule has 69 heavy (non-hydrogen) atoms. The average molecular weight is 881 g/mol. The predicted octanol–water partition coefficient (Wildman–Crippen LogP) is 16.9. The number of rotatable bonds is 5. The lowest BCUT2D eigenvalue weighted by atomic mass is 10.0. The normalized spacial score (nSPS) is 12.1. The molecule has 0 bridgehead atoms. The number of hydrogen-bond donors (Lipinski definition) is 0. The maximum absolute atomic E-state index is 7.21. The molecule has 0 aliphatic heterocycles. The lowest BCUT2D eigenvalue weighted by molar-refractivity contribution is 0.669. The van der Waals surface area contributed by atoms with Crippen molar-refractivity contribution >= 4 is 98.0 Å². The number of nitrogens with zero attached hydrogens (tertiary/aromatic N) is 4. The van der Waals surface area contributed by atoms with Gasteiger partial charge in [-0.05, 0) is 92.7 Å². The Morgan fingerprint density at radius 2 is 0.841 bits per heavy atom. The predicted molar refractivity (Wildman–Crippen MR) is 283 cm³/mol. The minimum absolute atomic E-state index is 0.520. The van der Waals surface area contributed by atoms with Crippen LogP contribution in [-0.4, -0.2) is 19.5 Å². The molecule has 0 saturated carbocycles. The molecular formula is C63H36N4O2. The Bertz CT molecular complexity index is 4510. The Balaban J connectivity index is 1.05. The fraction of sp³-hybridized carbons (Fsp3) is 0. The Hall–Kier alpha value is -9.39. The Morgan fingerprint density at radius 1 is 0.290 bits per heavy atom. The first-order valence-corrected chi connectivity index (χ1v) is 23.2. The van der Waals surface area contributed by atoms with Gasteiger partial charge in [0.25, 0.3) is 0 Å². The van der Waals surface area contributed by atoms with Gasteiger partial charge in [-0.1, -0.05) is 164 Å². The lowest BCUT2D eigenvalue weighted by Crippen LogP contribution is -2.02. The topological polar surface area (TPSA) is 69.9 Å². The zero-order valence-corrected chi connectivity index (χ0v) is 36.9. The molecule has 11 aromatic carbocycles. The van der Waals surface area contributed by atoms with Gasteiger partial charge < -0.3 is 13.4 Å². The third kappa shape index (κ3) is 5.82. The van der Waals surface area contributed by atoms with Crippen LogP contribution >= 0.6 is 0 Å². The van der Waals surface area contributed by atoms with Crippen molar-refractivity contribution in [1.82, 2.24) is 19.5 Å². The van der Waals surface area contributed by atoms with Gasteiger partial charge in [0, 0.05) is 48.8 Å². The second-order valence-corrected chi connectivity index (χ2v) is 17.9. The largest absolute Gasteiger partial charge is 0.455 e. The van der Waals surface area contributed by atoms with Gasteiger partial charge in [-0.15, -0.1) is 0 Å². The molecule has 15 rings (SSSR count). The monoisotopic (exact) mass is 880 g/mol. The highest BCUT2D eigenvalue weighted by molar-refractivity contribution is 6.20. The van der Waals surface area contributed by atoms with Crippen molar-refractivity contribution in [3.63, 3.8) is 0 Å². The number of benzene rings is 11. The molecule has 320 valence electrons. The first-order chi connectivity index (χ1) is 34.2. The van der Waals surface area contributed by atoms with E-state index in [-0.39, 0.29) is 0 Å². The average Bonchev–Trinajstić information content (AvgIpc) is 4.09. The van der Waals surface area contributed by atoms with E-state index in [0.717, 1.165) is 121 Å². The van der Waals surface area contributed by atoms with E-state index in [1.165, 1.54) is 10.8 Å². The number of furan rings is 2. The van der Waals surface area contributed by atoms with E-state index in [0.29, 0.717) is 17.5 Å². The Labute approximate surface area is 394 Å². The van der Waals surface area contributed by atoms with E-state index in [4.69, 9.17) is 23.8 Å². The van der Waals surface area contributed by atoms with E-state index < -0.39 is 0 Å². The molecule has 0 unspecified atom stereocenters. The number of hydrogen-bond acceptors (Lipinski definition) is 5. The van der Waals surface area contributed by atoms with Crippen LogP contribution in [0.3, 0.4) is 0 Å². The summed E-state index contributed by atoms with van der Waals surface area (Å²) in [5.74, 6) is 1.61. The zero-order chi connectivity index (χ0) is 45.2. The molecule has 0 aliphatic rings. The molecule has 0 N–H and O–H groups in total. The highest BCUT2D eigenvalue weighted by Gasteiger charge is 2.24. The smallest absolute Gasteiger partial charge is 0.167 e. The summed E-state index contributed by atoms with van der Waals surface area (Å²) >= 11 is 0. The molecule has 0 amide bonds. The van der Waals surface area contributed by atoms with Gasteiger partial charge >= 0.3 is 0 Å². The third-order valence-corrected chi connectivity index (χ3v) is 14.0. The fourth-order valence-corrected chi connectivity index (χ4v) is 10.7. The van der Waals surface area contributed by atoms with Crippen LogP contribution in [0.4, 0.5) is 0 Å². The van der Waals surface area contributed by atoms with Crippen LogP contribution in [0.25, 0.3) is 149 Å². The van der Waals surface area contributed by atoms with Crippen LogP contribution in [-0.2, 0) is 0 Å². The summed E-state index contributed by atoms with van der Waals surface area (Å²) in [6, 6.07) is 76.9. The molecular weight excluding hydrogens is 845 g/mol. The molecule has 0 radical (unpaired) electrons. The summed E-state index contributed by atoms with van der Waals surface area (Å²) in [5.41, 5.74) is 11.0.